The molecule has 26 heavy (non-hydrogen) atoms. The monoisotopic (exact) mass is 351 g/mol. The van der Waals surface area contributed by atoms with Crippen LogP contribution in [0.4, 0.5) is 21.6 Å². The van der Waals surface area contributed by atoms with Crippen LogP contribution in [0, 0.1) is 12.7 Å². The maximum absolute atomic E-state index is 13.6. The number of nitrogens with zero attached hydrogens (tertiary/aromatic N) is 1. The molecule has 1 aromatic heterocycles. The molecule has 1 heterocycles. The van der Waals surface area contributed by atoms with E-state index in [1.165, 1.54) is 12.3 Å². The molecule has 0 spiro atoms. The molecular formula is C20H18FN3O2. The minimum absolute atomic E-state index is 0.111. The minimum atomic E-state index is -0.349. The summed E-state index contributed by atoms with van der Waals surface area (Å²) in [5.74, 6) is 0.357. The zero-order valence-electron chi connectivity index (χ0n) is 14.2. The Kier molecular flexibility index (Phi) is 5.43. The van der Waals surface area contributed by atoms with E-state index < -0.39 is 0 Å². The highest BCUT2D eigenvalue weighted by Crippen LogP contribution is 2.19. The third-order valence-electron chi connectivity index (χ3n) is 3.57. The first-order valence-electron chi connectivity index (χ1n) is 8.07. The summed E-state index contributed by atoms with van der Waals surface area (Å²) in [7, 11) is 0. The molecular weight excluding hydrogens is 333 g/mol. The molecule has 0 unspecified atom stereocenters. The van der Waals surface area contributed by atoms with E-state index in [0.717, 1.165) is 5.56 Å². The molecule has 2 aromatic carbocycles. The van der Waals surface area contributed by atoms with Crippen molar-refractivity contribution in [2.24, 2.45) is 0 Å². The van der Waals surface area contributed by atoms with Crippen molar-refractivity contribution >= 4 is 23.1 Å². The number of aryl methyl sites for hydroxylation is 1. The number of carbonyl (C=O) groups excluding carboxylic acids is 1. The summed E-state index contributed by atoms with van der Waals surface area (Å²) in [5.41, 5.74) is 2.09. The van der Waals surface area contributed by atoms with E-state index in [0.29, 0.717) is 22.9 Å². The van der Waals surface area contributed by atoms with Gasteiger partial charge in [0.2, 0.25) is 0 Å². The summed E-state index contributed by atoms with van der Waals surface area (Å²) in [4.78, 5) is 16.1. The molecule has 0 radical (unpaired) electrons. The van der Waals surface area contributed by atoms with E-state index >= 15 is 0 Å². The largest absolute Gasteiger partial charge is 0.484 e. The fraction of sp³-hybridized carbons (Fsp3) is 0.100. The van der Waals surface area contributed by atoms with Gasteiger partial charge in [-0.3, -0.25) is 4.79 Å². The zero-order valence-corrected chi connectivity index (χ0v) is 14.2. The Morgan fingerprint density at radius 1 is 1.08 bits per heavy atom. The molecule has 6 heteroatoms. The molecule has 5 nitrogen and oxygen atoms in total. The topological polar surface area (TPSA) is 63.2 Å². The van der Waals surface area contributed by atoms with Crippen LogP contribution in [0.1, 0.15) is 5.56 Å². The van der Waals surface area contributed by atoms with Crippen LogP contribution in [-0.2, 0) is 4.79 Å². The highest BCUT2D eigenvalue weighted by molar-refractivity contribution is 5.91. The quantitative estimate of drug-likeness (QED) is 0.695. The van der Waals surface area contributed by atoms with Crippen molar-refractivity contribution in [1.29, 1.82) is 0 Å². The van der Waals surface area contributed by atoms with Gasteiger partial charge in [0.1, 0.15) is 17.4 Å². The third-order valence-corrected chi connectivity index (χ3v) is 3.57. The molecule has 2 N–H and O–H groups in total. The molecule has 0 fully saturated rings. The maximum Gasteiger partial charge on any atom is 0.263 e. The minimum Gasteiger partial charge on any atom is -0.484 e. The number of rotatable bonds is 6. The van der Waals surface area contributed by atoms with Crippen molar-refractivity contribution in [3.8, 4) is 5.75 Å². The van der Waals surface area contributed by atoms with Crippen LogP contribution >= 0.6 is 0 Å². The number of aromatic nitrogens is 1. The van der Waals surface area contributed by atoms with Crippen LogP contribution < -0.4 is 15.4 Å². The van der Waals surface area contributed by atoms with Crippen LogP contribution in [0.25, 0.3) is 0 Å². The van der Waals surface area contributed by atoms with E-state index in [9.17, 15) is 9.18 Å². The smallest absolute Gasteiger partial charge is 0.263 e. The molecule has 0 saturated carbocycles. The molecule has 132 valence electrons. The number of hydrogen-bond acceptors (Lipinski definition) is 4. The average molecular weight is 351 g/mol. The lowest BCUT2D eigenvalue weighted by molar-refractivity contribution is -0.118. The summed E-state index contributed by atoms with van der Waals surface area (Å²) in [6.07, 6.45) is 1.52. The van der Waals surface area contributed by atoms with Gasteiger partial charge in [0, 0.05) is 0 Å². The van der Waals surface area contributed by atoms with Gasteiger partial charge >= 0.3 is 0 Å². The summed E-state index contributed by atoms with van der Waals surface area (Å²) >= 11 is 0. The first kappa shape index (κ1) is 17.4. The maximum atomic E-state index is 13.6. The van der Waals surface area contributed by atoms with Gasteiger partial charge in [0.15, 0.2) is 6.61 Å². The number of anilines is 3. The number of carbonyl (C=O) groups is 1. The number of hydrogen-bond donors (Lipinski definition) is 2. The molecule has 0 aliphatic heterocycles. The molecule has 1 amide bonds. The molecule has 0 bridgehead atoms. The second-order valence-electron chi connectivity index (χ2n) is 5.69. The van der Waals surface area contributed by atoms with Gasteiger partial charge in [-0.15, -0.1) is 0 Å². The third kappa shape index (κ3) is 4.80. The summed E-state index contributed by atoms with van der Waals surface area (Å²) in [6.45, 7) is 1.87. The number of ether oxygens (including phenoxy) is 1. The Balaban J connectivity index is 1.52. The number of para-hydroxylation sites is 1. The predicted octanol–water partition coefficient (Wildman–Crippen LogP) is 4.29. The Morgan fingerprint density at radius 3 is 2.54 bits per heavy atom. The fourth-order valence-corrected chi connectivity index (χ4v) is 2.22. The van der Waals surface area contributed by atoms with Crippen molar-refractivity contribution in [2.75, 3.05) is 17.2 Å². The standard InChI is InChI=1S/C20H18FN3O2/c1-14-6-9-16(10-7-14)26-13-20(25)24-19-11-8-15(12-22-19)23-18-5-3-2-4-17(18)21/h2-12,23H,13H2,1H3,(H,22,24,25). The number of pyridine rings is 1. The first-order chi connectivity index (χ1) is 12.6. The predicted molar refractivity (Wildman–Crippen MR) is 99.2 cm³/mol. The van der Waals surface area contributed by atoms with Gasteiger partial charge in [0.25, 0.3) is 5.91 Å². The Bertz CT molecular complexity index is 880. The fourth-order valence-electron chi connectivity index (χ4n) is 2.22. The molecule has 0 atom stereocenters. The normalized spacial score (nSPS) is 10.2. The second kappa shape index (κ2) is 8.11. The van der Waals surface area contributed by atoms with Gasteiger partial charge in [-0.2, -0.15) is 0 Å². The van der Waals surface area contributed by atoms with Crippen molar-refractivity contribution in [2.45, 2.75) is 6.92 Å². The SMILES string of the molecule is Cc1ccc(OCC(=O)Nc2ccc(Nc3ccccc3F)cn2)cc1. The number of amides is 1. The first-order valence-corrected chi connectivity index (χ1v) is 8.07. The van der Waals surface area contributed by atoms with E-state index in [1.54, 1.807) is 30.3 Å². The Morgan fingerprint density at radius 2 is 1.85 bits per heavy atom. The lowest BCUT2D eigenvalue weighted by Crippen LogP contribution is -2.20. The molecule has 0 aliphatic carbocycles. The van der Waals surface area contributed by atoms with E-state index in [1.807, 2.05) is 31.2 Å². The van der Waals surface area contributed by atoms with Crippen LogP contribution in [0.3, 0.4) is 0 Å². The van der Waals surface area contributed by atoms with E-state index in [4.69, 9.17) is 4.74 Å². The van der Waals surface area contributed by atoms with Gasteiger partial charge in [-0.25, -0.2) is 9.37 Å². The molecule has 3 aromatic rings. The van der Waals surface area contributed by atoms with Crippen molar-refractivity contribution in [1.82, 2.24) is 4.98 Å². The summed E-state index contributed by atoms with van der Waals surface area (Å²) < 4.78 is 19.0. The highest BCUT2D eigenvalue weighted by atomic mass is 19.1. The van der Waals surface area contributed by atoms with Gasteiger partial charge in [-0.05, 0) is 43.3 Å². The lowest BCUT2D eigenvalue weighted by atomic mass is 10.2. The summed E-state index contributed by atoms with van der Waals surface area (Å²) in [5, 5.41) is 5.58. The molecule has 0 saturated heterocycles. The van der Waals surface area contributed by atoms with E-state index in [-0.39, 0.29) is 18.3 Å². The van der Waals surface area contributed by atoms with Gasteiger partial charge < -0.3 is 15.4 Å². The van der Waals surface area contributed by atoms with Crippen molar-refractivity contribution < 1.29 is 13.9 Å². The molecule has 0 aliphatic rings. The zero-order chi connectivity index (χ0) is 18.4. The van der Waals surface area contributed by atoms with Crippen molar-refractivity contribution in [3.63, 3.8) is 0 Å². The van der Waals surface area contributed by atoms with Crippen LogP contribution in [0.2, 0.25) is 0 Å². The summed E-state index contributed by atoms with van der Waals surface area (Å²) in [6, 6.07) is 17.1. The van der Waals surface area contributed by atoms with Crippen LogP contribution in [0.5, 0.6) is 5.75 Å². The Labute approximate surface area is 150 Å². The average Bonchev–Trinajstić information content (AvgIpc) is 2.65. The Hall–Kier alpha value is -3.41. The van der Waals surface area contributed by atoms with Gasteiger partial charge in [-0.1, -0.05) is 29.8 Å². The molecule has 3 rings (SSSR count). The highest BCUT2D eigenvalue weighted by Gasteiger charge is 2.06. The number of halogens is 1. The van der Waals surface area contributed by atoms with Gasteiger partial charge in [0.05, 0.1) is 17.6 Å². The van der Waals surface area contributed by atoms with E-state index in [2.05, 4.69) is 15.6 Å². The van der Waals surface area contributed by atoms with Crippen LogP contribution in [-0.4, -0.2) is 17.5 Å². The number of nitrogens with one attached hydrogen (secondary N) is 2. The second-order valence-corrected chi connectivity index (χ2v) is 5.69. The lowest BCUT2D eigenvalue weighted by Gasteiger charge is -2.09. The van der Waals surface area contributed by atoms with Crippen LogP contribution in [0.15, 0.2) is 66.9 Å². The number of benzene rings is 2. The van der Waals surface area contributed by atoms with Crippen molar-refractivity contribution in [3.05, 3.63) is 78.2 Å².